The average molecular weight is 247 g/mol. The van der Waals surface area contributed by atoms with E-state index in [9.17, 15) is 0 Å². The molecule has 0 aliphatic heterocycles. The van der Waals surface area contributed by atoms with Gasteiger partial charge in [0.2, 0.25) is 0 Å². The molecule has 0 saturated carbocycles. The first-order valence-electron chi connectivity index (χ1n) is 6.84. The van der Waals surface area contributed by atoms with Crippen LogP contribution in [0.1, 0.15) is 38.7 Å². The highest BCUT2D eigenvalue weighted by Crippen LogP contribution is 2.13. The standard InChI is InChI=1S/C16H25NO/c1-4-6-7-12-18-16-10-8-15(9-11-16)13-17-14(3)5-2/h5,8-11,14,17H,2,4,6-7,12-13H2,1,3H3. The van der Waals surface area contributed by atoms with Crippen molar-refractivity contribution in [2.45, 2.75) is 45.7 Å². The lowest BCUT2D eigenvalue weighted by Gasteiger charge is -2.10. The molecule has 1 rings (SSSR count). The van der Waals surface area contributed by atoms with E-state index in [1.54, 1.807) is 0 Å². The number of hydrogen-bond donors (Lipinski definition) is 1. The van der Waals surface area contributed by atoms with E-state index in [4.69, 9.17) is 4.74 Å². The van der Waals surface area contributed by atoms with Crippen LogP contribution in [0.3, 0.4) is 0 Å². The summed E-state index contributed by atoms with van der Waals surface area (Å²) < 4.78 is 5.67. The minimum Gasteiger partial charge on any atom is -0.494 e. The zero-order chi connectivity index (χ0) is 13.2. The molecule has 0 radical (unpaired) electrons. The van der Waals surface area contributed by atoms with Crippen molar-refractivity contribution < 1.29 is 4.74 Å². The number of benzene rings is 1. The van der Waals surface area contributed by atoms with Gasteiger partial charge in [-0.25, -0.2) is 0 Å². The maximum Gasteiger partial charge on any atom is 0.119 e. The largest absolute Gasteiger partial charge is 0.494 e. The first kappa shape index (κ1) is 14.8. The highest BCUT2D eigenvalue weighted by Gasteiger charge is 1.98. The van der Waals surface area contributed by atoms with Crippen LogP contribution in [-0.4, -0.2) is 12.6 Å². The summed E-state index contributed by atoms with van der Waals surface area (Å²) >= 11 is 0. The summed E-state index contributed by atoms with van der Waals surface area (Å²) in [7, 11) is 0. The van der Waals surface area contributed by atoms with Crippen molar-refractivity contribution in [2.75, 3.05) is 6.61 Å². The van der Waals surface area contributed by atoms with Crippen molar-refractivity contribution in [3.05, 3.63) is 42.5 Å². The van der Waals surface area contributed by atoms with Crippen LogP contribution in [0, 0.1) is 0 Å². The number of rotatable bonds is 9. The number of unbranched alkanes of at least 4 members (excludes halogenated alkanes) is 2. The Bertz CT molecular complexity index is 331. The lowest BCUT2D eigenvalue weighted by Crippen LogP contribution is -2.22. The number of nitrogens with one attached hydrogen (secondary N) is 1. The quantitative estimate of drug-likeness (QED) is 0.527. The molecule has 0 aliphatic rings. The van der Waals surface area contributed by atoms with Crippen molar-refractivity contribution in [1.29, 1.82) is 0 Å². The summed E-state index contributed by atoms with van der Waals surface area (Å²) in [6.07, 6.45) is 5.51. The maximum atomic E-state index is 5.67. The predicted octanol–water partition coefficient (Wildman–Crippen LogP) is 3.92. The summed E-state index contributed by atoms with van der Waals surface area (Å²) in [5.74, 6) is 0.964. The van der Waals surface area contributed by atoms with Crippen molar-refractivity contribution in [3.8, 4) is 5.75 Å². The molecule has 100 valence electrons. The summed E-state index contributed by atoms with van der Waals surface area (Å²) in [6.45, 7) is 9.73. The van der Waals surface area contributed by atoms with Crippen LogP contribution in [0.25, 0.3) is 0 Å². The van der Waals surface area contributed by atoms with E-state index in [1.807, 2.05) is 18.2 Å². The Morgan fingerprint density at radius 3 is 2.61 bits per heavy atom. The monoisotopic (exact) mass is 247 g/mol. The predicted molar refractivity (Wildman–Crippen MR) is 78.0 cm³/mol. The Hall–Kier alpha value is -1.28. The van der Waals surface area contributed by atoms with E-state index in [-0.39, 0.29) is 0 Å². The molecule has 1 aromatic rings. The molecule has 0 fully saturated rings. The van der Waals surface area contributed by atoms with E-state index in [0.717, 1.165) is 25.3 Å². The summed E-state index contributed by atoms with van der Waals surface area (Å²) in [5.41, 5.74) is 1.27. The smallest absolute Gasteiger partial charge is 0.119 e. The van der Waals surface area contributed by atoms with Gasteiger partial charge in [0.05, 0.1) is 6.61 Å². The van der Waals surface area contributed by atoms with Gasteiger partial charge in [-0.15, -0.1) is 6.58 Å². The second kappa shape index (κ2) is 8.76. The molecule has 18 heavy (non-hydrogen) atoms. The molecule has 0 spiro atoms. The summed E-state index contributed by atoms with van der Waals surface area (Å²) in [5, 5.41) is 3.37. The fourth-order valence-electron chi connectivity index (χ4n) is 1.61. The lowest BCUT2D eigenvalue weighted by atomic mass is 10.2. The molecule has 0 saturated heterocycles. The molecule has 1 aromatic carbocycles. The van der Waals surface area contributed by atoms with Gasteiger partial charge in [0, 0.05) is 12.6 Å². The lowest BCUT2D eigenvalue weighted by molar-refractivity contribution is 0.306. The summed E-state index contributed by atoms with van der Waals surface area (Å²) in [4.78, 5) is 0. The normalized spacial score (nSPS) is 12.1. The molecule has 0 aliphatic carbocycles. The SMILES string of the molecule is C=CC(C)NCc1ccc(OCCCCC)cc1. The van der Waals surface area contributed by atoms with E-state index in [1.165, 1.54) is 18.4 Å². The Morgan fingerprint density at radius 2 is 2.00 bits per heavy atom. The second-order valence-corrected chi connectivity index (χ2v) is 4.60. The molecule has 1 N–H and O–H groups in total. The topological polar surface area (TPSA) is 21.3 Å². The van der Waals surface area contributed by atoms with Crippen LogP contribution in [0.5, 0.6) is 5.75 Å². The Kier molecular flexibility index (Phi) is 7.19. The summed E-state index contributed by atoms with van der Waals surface area (Å²) in [6, 6.07) is 8.65. The fourth-order valence-corrected chi connectivity index (χ4v) is 1.61. The maximum absolute atomic E-state index is 5.67. The van der Waals surface area contributed by atoms with Gasteiger partial charge in [0.1, 0.15) is 5.75 Å². The van der Waals surface area contributed by atoms with Crippen LogP contribution in [0.4, 0.5) is 0 Å². The molecule has 0 heterocycles. The van der Waals surface area contributed by atoms with Gasteiger partial charge in [0.15, 0.2) is 0 Å². The van der Waals surface area contributed by atoms with Crippen LogP contribution in [0.15, 0.2) is 36.9 Å². The third-order valence-corrected chi connectivity index (χ3v) is 2.92. The third-order valence-electron chi connectivity index (χ3n) is 2.92. The van der Waals surface area contributed by atoms with Gasteiger partial charge in [-0.3, -0.25) is 0 Å². The van der Waals surface area contributed by atoms with Crippen LogP contribution in [-0.2, 0) is 6.54 Å². The van der Waals surface area contributed by atoms with Crippen molar-refractivity contribution in [1.82, 2.24) is 5.32 Å². The Morgan fingerprint density at radius 1 is 1.28 bits per heavy atom. The molecule has 2 nitrogen and oxygen atoms in total. The van der Waals surface area contributed by atoms with E-state index in [2.05, 4.69) is 37.9 Å². The van der Waals surface area contributed by atoms with E-state index in [0.29, 0.717) is 6.04 Å². The van der Waals surface area contributed by atoms with Gasteiger partial charge >= 0.3 is 0 Å². The van der Waals surface area contributed by atoms with Crippen molar-refractivity contribution in [2.24, 2.45) is 0 Å². The molecule has 2 heteroatoms. The first-order valence-corrected chi connectivity index (χ1v) is 6.84. The van der Waals surface area contributed by atoms with Crippen LogP contribution >= 0.6 is 0 Å². The number of ether oxygens (including phenoxy) is 1. The molecule has 0 amide bonds. The Labute approximate surface area is 111 Å². The van der Waals surface area contributed by atoms with Gasteiger partial charge in [-0.05, 0) is 31.0 Å². The molecular formula is C16H25NO. The number of hydrogen-bond acceptors (Lipinski definition) is 2. The van der Waals surface area contributed by atoms with Crippen LogP contribution in [0.2, 0.25) is 0 Å². The van der Waals surface area contributed by atoms with Gasteiger partial charge in [-0.2, -0.15) is 0 Å². The molecule has 1 unspecified atom stereocenters. The van der Waals surface area contributed by atoms with E-state index >= 15 is 0 Å². The highest BCUT2D eigenvalue weighted by molar-refractivity contribution is 5.27. The van der Waals surface area contributed by atoms with Crippen molar-refractivity contribution in [3.63, 3.8) is 0 Å². The molecule has 0 aromatic heterocycles. The van der Waals surface area contributed by atoms with Crippen molar-refractivity contribution >= 4 is 0 Å². The van der Waals surface area contributed by atoms with Crippen LogP contribution < -0.4 is 10.1 Å². The van der Waals surface area contributed by atoms with Gasteiger partial charge < -0.3 is 10.1 Å². The van der Waals surface area contributed by atoms with Gasteiger partial charge in [0.25, 0.3) is 0 Å². The molecule has 0 bridgehead atoms. The zero-order valence-electron chi connectivity index (χ0n) is 11.6. The van der Waals surface area contributed by atoms with Gasteiger partial charge in [-0.1, -0.05) is 38.0 Å². The fraction of sp³-hybridized carbons (Fsp3) is 0.500. The Balaban J connectivity index is 2.30. The average Bonchev–Trinajstić information content (AvgIpc) is 2.42. The zero-order valence-corrected chi connectivity index (χ0v) is 11.6. The minimum absolute atomic E-state index is 0.343. The minimum atomic E-state index is 0.343. The van der Waals surface area contributed by atoms with E-state index < -0.39 is 0 Å². The third kappa shape index (κ3) is 5.87. The second-order valence-electron chi connectivity index (χ2n) is 4.60. The first-order chi connectivity index (χ1) is 8.76. The molecular weight excluding hydrogens is 222 g/mol. The highest BCUT2D eigenvalue weighted by atomic mass is 16.5. The molecule has 1 atom stereocenters.